The van der Waals surface area contributed by atoms with E-state index in [2.05, 4.69) is 31.4 Å². The summed E-state index contributed by atoms with van der Waals surface area (Å²) >= 11 is 4.67. The molecule has 1 unspecified atom stereocenters. The molecule has 0 aliphatic carbocycles. The number of halogens is 1. The number of thioether (sulfide) groups is 1. The van der Waals surface area contributed by atoms with E-state index in [0.29, 0.717) is 11.1 Å². The summed E-state index contributed by atoms with van der Waals surface area (Å²) in [4.78, 5) is 13.1. The molecule has 3 aromatic carbocycles. The van der Waals surface area contributed by atoms with Crippen molar-refractivity contribution in [1.29, 1.82) is 0 Å². The van der Waals surface area contributed by atoms with E-state index in [1.54, 1.807) is 0 Å². The number of benzene rings is 3. The number of aryl methyl sites for hydroxylation is 1. The van der Waals surface area contributed by atoms with Crippen molar-refractivity contribution < 1.29 is 9.21 Å². The SMILES string of the molecule is Cc1ccc(NC(=O)C(Sc2nnc(-c3cccc(Br)c3)o2)c2ccccc2)cc1. The highest BCUT2D eigenvalue weighted by Crippen LogP contribution is 2.36. The molecule has 0 radical (unpaired) electrons. The molecule has 5 nitrogen and oxygen atoms in total. The van der Waals surface area contributed by atoms with E-state index >= 15 is 0 Å². The van der Waals surface area contributed by atoms with Gasteiger partial charge in [0.05, 0.1) is 0 Å². The highest BCUT2D eigenvalue weighted by molar-refractivity contribution is 9.10. The molecule has 1 amide bonds. The largest absolute Gasteiger partial charge is 0.411 e. The Kier molecular flexibility index (Phi) is 6.30. The minimum absolute atomic E-state index is 0.155. The molecule has 7 heteroatoms. The number of hydrogen-bond acceptors (Lipinski definition) is 5. The van der Waals surface area contributed by atoms with Gasteiger partial charge in [0.1, 0.15) is 5.25 Å². The summed E-state index contributed by atoms with van der Waals surface area (Å²) in [5, 5.41) is 11.0. The molecule has 1 aromatic heterocycles. The third-order valence-electron chi connectivity index (χ3n) is 4.36. The monoisotopic (exact) mass is 479 g/mol. The number of carbonyl (C=O) groups is 1. The van der Waals surface area contributed by atoms with Crippen LogP contribution < -0.4 is 5.32 Å². The zero-order valence-corrected chi connectivity index (χ0v) is 18.5. The molecule has 0 spiro atoms. The first-order chi connectivity index (χ1) is 14.6. The number of aromatic nitrogens is 2. The number of hydrogen-bond donors (Lipinski definition) is 1. The topological polar surface area (TPSA) is 68.0 Å². The second-order valence-corrected chi connectivity index (χ2v) is 8.62. The van der Waals surface area contributed by atoms with Crippen LogP contribution in [0.2, 0.25) is 0 Å². The van der Waals surface area contributed by atoms with Crippen molar-refractivity contribution in [2.24, 2.45) is 0 Å². The normalized spacial score (nSPS) is 11.8. The van der Waals surface area contributed by atoms with Crippen LogP contribution in [0.5, 0.6) is 0 Å². The Morgan fingerprint density at radius 1 is 1.00 bits per heavy atom. The van der Waals surface area contributed by atoms with Crippen LogP contribution in [-0.2, 0) is 4.79 Å². The molecule has 0 fully saturated rings. The molecule has 30 heavy (non-hydrogen) atoms. The van der Waals surface area contributed by atoms with Gasteiger partial charge in [-0.2, -0.15) is 0 Å². The second-order valence-electron chi connectivity index (χ2n) is 6.65. The van der Waals surface area contributed by atoms with E-state index in [1.165, 1.54) is 11.8 Å². The molecule has 1 N–H and O–H groups in total. The Balaban J connectivity index is 1.58. The van der Waals surface area contributed by atoms with Gasteiger partial charge in [0.25, 0.3) is 5.22 Å². The molecule has 0 saturated carbocycles. The van der Waals surface area contributed by atoms with Crippen molar-refractivity contribution >= 4 is 39.3 Å². The Labute approximate surface area is 187 Å². The van der Waals surface area contributed by atoms with Crippen LogP contribution in [0, 0.1) is 6.92 Å². The van der Waals surface area contributed by atoms with E-state index in [1.807, 2.05) is 85.8 Å². The fourth-order valence-electron chi connectivity index (χ4n) is 2.84. The van der Waals surface area contributed by atoms with Gasteiger partial charge in [-0.15, -0.1) is 10.2 Å². The van der Waals surface area contributed by atoms with Crippen molar-refractivity contribution in [2.75, 3.05) is 5.32 Å². The maximum atomic E-state index is 13.1. The van der Waals surface area contributed by atoms with E-state index in [4.69, 9.17) is 4.42 Å². The van der Waals surface area contributed by atoms with E-state index in [-0.39, 0.29) is 5.91 Å². The maximum Gasteiger partial charge on any atom is 0.277 e. The minimum Gasteiger partial charge on any atom is -0.411 e. The number of nitrogens with zero attached hydrogens (tertiary/aromatic N) is 2. The van der Waals surface area contributed by atoms with Crippen LogP contribution in [0.4, 0.5) is 5.69 Å². The highest BCUT2D eigenvalue weighted by atomic mass is 79.9. The number of rotatable bonds is 6. The minimum atomic E-state index is -0.539. The van der Waals surface area contributed by atoms with Crippen molar-refractivity contribution in [3.05, 3.63) is 94.5 Å². The van der Waals surface area contributed by atoms with Gasteiger partial charge in [-0.3, -0.25) is 4.79 Å². The van der Waals surface area contributed by atoms with Crippen LogP contribution in [0.15, 0.2) is 93.0 Å². The summed E-state index contributed by atoms with van der Waals surface area (Å²) in [6.45, 7) is 2.01. The Hall–Kier alpha value is -2.90. The molecule has 4 aromatic rings. The lowest BCUT2D eigenvalue weighted by molar-refractivity contribution is -0.115. The average Bonchev–Trinajstić information content (AvgIpc) is 3.23. The molecular formula is C23H18BrN3O2S. The van der Waals surface area contributed by atoms with Crippen LogP contribution in [0.3, 0.4) is 0 Å². The van der Waals surface area contributed by atoms with Crippen molar-refractivity contribution in [3.63, 3.8) is 0 Å². The Morgan fingerprint density at radius 3 is 2.50 bits per heavy atom. The smallest absolute Gasteiger partial charge is 0.277 e. The van der Waals surface area contributed by atoms with Crippen LogP contribution >= 0.6 is 27.7 Å². The Bertz CT molecular complexity index is 1150. The van der Waals surface area contributed by atoms with Gasteiger partial charge in [0.2, 0.25) is 11.8 Å². The first kappa shape index (κ1) is 20.4. The maximum absolute atomic E-state index is 13.1. The molecule has 1 heterocycles. The van der Waals surface area contributed by atoms with Gasteiger partial charge in [-0.05, 0) is 54.6 Å². The van der Waals surface area contributed by atoms with Crippen LogP contribution in [-0.4, -0.2) is 16.1 Å². The lowest BCUT2D eigenvalue weighted by Gasteiger charge is -2.15. The third kappa shape index (κ3) is 4.98. The Morgan fingerprint density at radius 2 is 1.77 bits per heavy atom. The summed E-state index contributed by atoms with van der Waals surface area (Å²) < 4.78 is 6.76. The third-order valence-corrected chi connectivity index (χ3v) is 5.94. The van der Waals surface area contributed by atoms with E-state index < -0.39 is 5.25 Å². The van der Waals surface area contributed by atoms with Crippen molar-refractivity contribution in [1.82, 2.24) is 10.2 Å². The number of carbonyl (C=O) groups excluding carboxylic acids is 1. The number of amides is 1. The molecule has 4 rings (SSSR count). The van der Waals surface area contributed by atoms with E-state index in [9.17, 15) is 4.79 Å². The first-order valence-electron chi connectivity index (χ1n) is 9.27. The van der Waals surface area contributed by atoms with Crippen LogP contribution in [0.25, 0.3) is 11.5 Å². The molecule has 0 saturated heterocycles. The molecule has 150 valence electrons. The second kappa shape index (κ2) is 9.28. The summed E-state index contributed by atoms with van der Waals surface area (Å²) in [6, 6.07) is 24.9. The van der Waals surface area contributed by atoms with Gasteiger partial charge in [-0.1, -0.05) is 70.0 Å². The molecule has 0 bridgehead atoms. The van der Waals surface area contributed by atoms with Gasteiger partial charge in [-0.25, -0.2) is 0 Å². The molecule has 0 aliphatic heterocycles. The number of nitrogens with one attached hydrogen (secondary N) is 1. The highest BCUT2D eigenvalue weighted by Gasteiger charge is 2.25. The quantitative estimate of drug-likeness (QED) is 0.329. The summed E-state index contributed by atoms with van der Waals surface area (Å²) in [5.41, 5.74) is 3.54. The fraction of sp³-hybridized carbons (Fsp3) is 0.0870. The number of anilines is 1. The zero-order valence-electron chi connectivity index (χ0n) is 16.1. The summed E-state index contributed by atoms with van der Waals surface area (Å²) in [6.07, 6.45) is 0. The van der Waals surface area contributed by atoms with Crippen molar-refractivity contribution in [2.45, 2.75) is 17.4 Å². The van der Waals surface area contributed by atoms with E-state index in [0.717, 1.165) is 26.9 Å². The predicted octanol–water partition coefficient (Wildman–Crippen LogP) is 6.28. The lowest BCUT2D eigenvalue weighted by Crippen LogP contribution is -2.19. The predicted molar refractivity (Wildman–Crippen MR) is 122 cm³/mol. The first-order valence-corrected chi connectivity index (χ1v) is 10.9. The standard InChI is InChI=1S/C23H18BrN3O2S/c1-15-10-12-19(13-11-15)25-21(28)20(16-6-3-2-4-7-16)30-23-27-26-22(29-23)17-8-5-9-18(24)14-17/h2-14,20H,1H3,(H,25,28). The zero-order chi connectivity index (χ0) is 20.9. The average molecular weight is 480 g/mol. The summed E-state index contributed by atoms with van der Waals surface area (Å²) in [5.74, 6) is 0.252. The molecule has 0 aliphatic rings. The van der Waals surface area contributed by atoms with Crippen LogP contribution in [0.1, 0.15) is 16.4 Å². The van der Waals surface area contributed by atoms with Gasteiger partial charge < -0.3 is 9.73 Å². The molecular weight excluding hydrogens is 462 g/mol. The lowest BCUT2D eigenvalue weighted by atomic mass is 10.1. The van der Waals surface area contributed by atoms with Gasteiger partial charge in [0.15, 0.2) is 0 Å². The van der Waals surface area contributed by atoms with Gasteiger partial charge in [0, 0.05) is 15.7 Å². The summed E-state index contributed by atoms with van der Waals surface area (Å²) in [7, 11) is 0. The molecule has 1 atom stereocenters. The van der Waals surface area contributed by atoms with Crippen molar-refractivity contribution in [3.8, 4) is 11.5 Å². The fourth-order valence-corrected chi connectivity index (χ4v) is 4.12. The van der Waals surface area contributed by atoms with Gasteiger partial charge >= 0.3 is 0 Å².